The smallest absolute Gasteiger partial charge is 0.240 e. The Morgan fingerprint density at radius 1 is 1.00 bits per heavy atom. The largest absolute Gasteiger partial charge is 0.326 e. The number of carbonyl (C=O) groups excluding carboxylic acids is 2. The summed E-state index contributed by atoms with van der Waals surface area (Å²) >= 11 is 5.80. The van der Waals surface area contributed by atoms with Crippen molar-refractivity contribution in [3.8, 4) is 0 Å². The maximum absolute atomic E-state index is 12.1. The summed E-state index contributed by atoms with van der Waals surface area (Å²) in [4.78, 5) is 23.9. The van der Waals surface area contributed by atoms with Crippen LogP contribution in [-0.2, 0) is 9.59 Å². The fourth-order valence-corrected chi connectivity index (χ4v) is 2.72. The first-order valence-corrected chi connectivity index (χ1v) is 8.68. The molecule has 0 radical (unpaired) electrons. The zero-order valence-electron chi connectivity index (χ0n) is 15.1. The topological polar surface area (TPSA) is 70.6 Å². The highest BCUT2D eigenvalue weighted by molar-refractivity contribution is 6.30. The van der Waals surface area contributed by atoms with Crippen LogP contribution in [-0.4, -0.2) is 18.0 Å². The van der Waals surface area contributed by atoms with Crippen LogP contribution in [0.2, 0.25) is 5.02 Å². The van der Waals surface area contributed by atoms with Gasteiger partial charge in [0.2, 0.25) is 11.8 Å². The van der Waals surface area contributed by atoms with Crippen molar-refractivity contribution >= 4 is 35.3 Å². The number of benzene rings is 2. The van der Waals surface area contributed by atoms with E-state index in [9.17, 15) is 9.59 Å². The number of halogens is 1. The number of hydrazone groups is 1. The highest BCUT2D eigenvalue weighted by Gasteiger charge is 2.10. The minimum absolute atomic E-state index is 0.0632. The summed E-state index contributed by atoms with van der Waals surface area (Å²) in [5.41, 5.74) is 7.20. The molecular weight excluding hydrogens is 350 g/mol. The third-order valence-corrected chi connectivity index (χ3v) is 4.05. The molecule has 0 spiro atoms. The average molecular weight is 372 g/mol. The number of nitrogens with zero attached hydrogens (tertiary/aromatic N) is 1. The van der Waals surface area contributed by atoms with Crippen LogP contribution in [0, 0.1) is 20.8 Å². The van der Waals surface area contributed by atoms with E-state index in [1.807, 2.05) is 32.9 Å². The lowest BCUT2D eigenvalue weighted by molar-refractivity contribution is -0.124. The van der Waals surface area contributed by atoms with Crippen LogP contribution >= 0.6 is 11.6 Å². The quantitative estimate of drug-likeness (QED) is 0.592. The zero-order valence-corrected chi connectivity index (χ0v) is 15.9. The Labute approximate surface area is 158 Å². The molecule has 2 rings (SSSR count). The van der Waals surface area contributed by atoms with Gasteiger partial charge in [-0.15, -0.1) is 0 Å². The van der Waals surface area contributed by atoms with Crippen LogP contribution in [0.4, 0.5) is 5.69 Å². The highest BCUT2D eigenvalue weighted by atomic mass is 35.5. The molecule has 5 nitrogen and oxygen atoms in total. The Hall–Kier alpha value is -2.66. The van der Waals surface area contributed by atoms with E-state index in [1.54, 1.807) is 24.3 Å². The summed E-state index contributed by atoms with van der Waals surface area (Å²) in [5, 5.41) is 7.39. The highest BCUT2D eigenvalue weighted by Crippen LogP contribution is 2.22. The third kappa shape index (κ3) is 6.01. The molecule has 2 aromatic carbocycles. The van der Waals surface area contributed by atoms with Gasteiger partial charge in [0.05, 0.1) is 6.21 Å². The third-order valence-electron chi connectivity index (χ3n) is 3.79. The summed E-state index contributed by atoms with van der Waals surface area (Å²) < 4.78 is 0. The van der Waals surface area contributed by atoms with Gasteiger partial charge in [0, 0.05) is 23.6 Å². The second-order valence-corrected chi connectivity index (χ2v) is 6.60. The molecule has 0 aliphatic carbocycles. The molecule has 0 aliphatic heterocycles. The number of hydrogen-bond donors (Lipinski definition) is 2. The van der Waals surface area contributed by atoms with Gasteiger partial charge in [-0.1, -0.05) is 41.4 Å². The van der Waals surface area contributed by atoms with Gasteiger partial charge in [-0.05, 0) is 49.6 Å². The van der Waals surface area contributed by atoms with Crippen LogP contribution in [0.1, 0.15) is 35.1 Å². The summed E-state index contributed by atoms with van der Waals surface area (Å²) in [6, 6.07) is 11.1. The Morgan fingerprint density at radius 3 is 2.19 bits per heavy atom. The van der Waals surface area contributed by atoms with Crippen molar-refractivity contribution in [1.29, 1.82) is 0 Å². The number of amides is 2. The zero-order chi connectivity index (χ0) is 19.1. The molecule has 2 amide bonds. The number of carbonyl (C=O) groups is 2. The Morgan fingerprint density at radius 2 is 1.58 bits per heavy atom. The average Bonchev–Trinajstić information content (AvgIpc) is 2.58. The van der Waals surface area contributed by atoms with E-state index in [2.05, 4.69) is 15.8 Å². The van der Waals surface area contributed by atoms with Gasteiger partial charge in [-0.25, -0.2) is 5.43 Å². The van der Waals surface area contributed by atoms with Gasteiger partial charge in [0.25, 0.3) is 0 Å². The van der Waals surface area contributed by atoms with Crippen molar-refractivity contribution in [3.05, 3.63) is 63.7 Å². The number of nitrogens with one attached hydrogen (secondary N) is 2. The van der Waals surface area contributed by atoms with Crippen molar-refractivity contribution in [1.82, 2.24) is 5.43 Å². The normalized spacial score (nSPS) is 10.8. The monoisotopic (exact) mass is 371 g/mol. The molecule has 0 saturated heterocycles. The molecule has 2 N–H and O–H groups in total. The molecule has 0 atom stereocenters. The van der Waals surface area contributed by atoms with E-state index in [0.29, 0.717) is 5.02 Å². The maximum Gasteiger partial charge on any atom is 0.240 e. The van der Waals surface area contributed by atoms with Crippen LogP contribution in [0.25, 0.3) is 0 Å². The maximum atomic E-state index is 12.1. The lowest BCUT2D eigenvalue weighted by Crippen LogP contribution is -2.21. The summed E-state index contributed by atoms with van der Waals surface area (Å²) in [7, 11) is 0. The minimum atomic E-state index is -0.317. The molecule has 0 heterocycles. The molecule has 0 aliphatic rings. The van der Waals surface area contributed by atoms with E-state index in [0.717, 1.165) is 27.9 Å². The molecule has 0 saturated carbocycles. The van der Waals surface area contributed by atoms with Crippen LogP contribution in [0.15, 0.2) is 41.5 Å². The standard InChI is InChI=1S/C20H22ClN3O2/c1-13-10-14(2)20(15(3)11-13)23-18(25)8-9-19(26)24-22-12-16-4-6-17(21)7-5-16/h4-7,10-12H,8-9H2,1-3H3,(H,23,25)(H,24,26)/b22-12+. The van der Waals surface area contributed by atoms with Gasteiger partial charge in [0.1, 0.15) is 0 Å². The van der Waals surface area contributed by atoms with Gasteiger partial charge < -0.3 is 5.32 Å². The molecule has 26 heavy (non-hydrogen) atoms. The molecule has 0 aromatic heterocycles. The van der Waals surface area contributed by atoms with Crippen LogP contribution < -0.4 is 10.7 Å². The Balaban J connectivity index is 1.80. The Kier molecular flexibility index (Phi) is 6.92. The van der Waals surface area contributed by atoms with Crippen molar-refractivity contribution in [3.63, 3.8) is 0 Å². The predicted octanol–water partition coefficient (Wildman–Crippen LogP) is 4.13. The molecule has 6 heteroatoms. The lowest BCUT2D eigenvalue weighted by atomic mass is 10.0. The second-order valence-electron chi connectivity index (χ2n) is 6.17. The number of hydrogen-bond acceptors (Lipinski definition) is 3. The van der Waals surface area contributed by atoms with E-state index in [-0.39, 0.29) is 24.7 Å². The SMILES string of the molecule is Cc1cc(C)c(NC(=O)CCC(=O)N/N=C/c2ccc(Cl)cc2)c(C)c1. The van der Waals surface area contributed by atoms with Gasteiger partial charge in [-0.2, -0.15) is 5.10 Å². The van der Waals surface area contributed by atoms with Crippen LogP contribution in [0.5, 0.6) is 0 Å². The number of rotatable bonds is 6. The molecule has 2 aromatic rings. The number of anilines is 1. The summed E-state index contributed by atoms with van der Waals surface area (Å²) in [5.74, 6) is -0.514. The van der Waals surface area contributed by atoms with Crippen LogP contribution in [0.3, 0.4) is 0 Å². The van der Waals surface area contributed by atoms with E-state index >= 15 is 0 Å². The van der Waals surface area contributed by atoms with E-state index in [1.165, 1.54) is 6.21 Å². The van der Waals surface area contributed by atoms with E-state index in [4.69, 9.17) is 11.6 Å². The van der Waals surface area contributed by atoms with Crippen molar-refractivity contribution < 1.29 is 9.59 Å². The predicted molar refractivity (Wildman–Crippen MR) is 106 cm³/mol. The van der Waals surface area contributed by atoms with Gasteiger partial charge >= 0.3 is 0 Å². The minimum Gasteiger partial charge on any atom is -0.326 e. The molecule has 0 unspecified atom stereocenters. The molecule has 136 valence electrons. The van der Waals surface area contributed by atoms with Crippen molar-refractivity contribution in [2.75, 3.05) is 5.32 Å². The first-order valence-electron chi connectivity index (χ1n) is 8.30. The fraction of sp³-hybridized carbons (Fsp3) is 0.250. The second kappa shape index (κ2) is 9.15. The first-order chi connectivity index (χ1) is 12.3. The molecule has 0 fully saturated rings. The molecule has 0 bridgehead atoms. The van der Waals surface area contributed by atoms with Crippen molar-refractivity contribution in [2.45, 2.75) is 33.6 Å². The summed E-state index contributed by atoms with van der Waals surface area (Å²) in [6.07, 6.45) is 1.68. The van der Waals surface area contributed by atoms with Crippen molar-refractivity contribution in [2.24, 2.45) is 5.10 Å². The first kappa shape index (κ1) is 19.7. The lowest BCUT2D eigenvalue weighted by Gasteiger charge is -2.12. The van der Waals surface area contributed by atoms with Gasteiger partial charge in [-0.3, -0.25) is 9.59 Å². The number of aryl methyl sites for hydroxylation is 3. The Bertz CT molecular complexity index is 806. The fourth-order valence-electron chi connectivity index (χ4n) is 2.59. The summed E-state index contributed by atoms with van der Waals surface area (Å²) in [6.45, 7) is 5.92. The molecular formula is C20H22ClN3O2. The van der Waals surface area contributed by atoms with E-state index < -0.39 is 0 Å². The van der Waals surface area contributed by atoms with Gasteiger partial charge in [0.15, 0.2) is 0 Å².